The van der Waals surface area contributed by atoms with Gasteiger partial charge in [0, 0.05) is 6.04 Å². The molecule has 0 aliphatic heterocycles. The average Bonchev–Trinajstić information content (AvgIpc) is 2.81. The second-order valence-electron chi connectivity index (χ2n) is 8.89. The first-order chi connectivity index (χ1) is 15.7. The third-order valence-corrected chi connectivity index (χ3v) is 5.91. The van der Waals surface area contributed by atoms with Crippen molar-refractivity contribution in [2.45, 2.75) is 58.7 Å². The third kappa shape index (κ3) is 8.48. The van der Waals surface area contributed by atoms with Crippen LogP contribution < -0.4 is 16.4 Å². The molecule has 6 nitrogen and oxygen atoms in total. The quantitative estimate of drug-likeness (QED) is 0.417. The Bertz CT molecular complexity index is 910. The van der Waals surface area contributed by atoms with E-state index in [9.17, 15) is 14.7 Å². The van der Waals surface area contributed by atoms with Gasteiger partial charge >= 0.3 is 0 Å². The highest BCUT2D eigenvalue weighted by Gasteiger charge is 2.27. The minimum atomic E-state index is -0.758. The SMILES string of the molecule is CC[C@H](C)[C@@H](/C=C/c1ccccc1)N[C@@H](Cc1ccc(O)cc1)C(=O)NC(=O)[C@@H](N)C(C)C. The van der Waals surface area contributed by atoms with E-state index in [-0.39, 0.29) is 23.6 Å². The molecule has 5 N–H and O–H groups in total. The van der Waals surface area contributed by atoms with Gasteiger partial charge in [0.25, 0.3) is 0 Å². The first kappa shape index (κ1) is 26.3. The van der Waals surface area contributed by atoms with Gasteiger partial charge < -0.3 is 10.8 Å². The fourth-order valence-corrected chi connectivity index (χ4v) is 3.36. The van der Waals surface area contributed by atoms with Gasteiger partial charge in [-0.15, -0.1) is 0 Å². The van der Waals surface area contributed by atoms with E-state index in [1.165, 1.54) is 0 Å². The van der Waals surface area contributed by atoms with Gasteiger partial charge in [-0.3, -0.25) is 20.2 Å². The summed E-state index contributed by atoms with van der Waals surface area (Å²) in [6.45, 7) is 7.92. The lowest BCUT2D eigenvalue weighted by molar-refractivity contribution is -0.132. The maximum atomic E-state index is 13.1. The molecular formula is C27H37N3O3. The van der Waals surface area contributed by atoms with Crippen molar-refractivity contribution in [2.24, 2.45) is 17.6 Å². The molecule has 0 spiro atoms. The zero-order chi connectivity index (χ0) is 24.4. The van der Waals surface area contributed by atoms with Gasteiger partial charge in [0.15, 0.2) is 0 Å². The van der Waals surface area contributed by atoms with Gasteiger partial charge in [-0.25, -0.2) is 0 Å². The summed E-state index contributed by atoms with van der Waals surface area (Å²) in [7, 11) is 0. The minimum Gasteiger partial charge on any atom is -0.508 e. The second kappa shape index (κ2) is 12.9. The molecule has 0 radical (unpaired) electrons. The molecule has 0 unspecified atom stereocenters. The number of phenols is 1. The van der Waals surface area contributed by atoms with E-state index >= 15 is 0 Å². The summed E-state index contributed by atoms with van der Waals surface area (Å²) in [6.07, 6.45) is 5.39. The molecule has 6 heteroatoms. The number of carbonyl (C=O) groups excluding carboxylic acids is 2. The Kier molecular flexibility index (Phi) is 10.3. The van der Waals surface area contributed by atoms with Crippen LogP contribution in [0.2, 0.25) is 0 Å². The van der Waals surface area contributed by atoms with Crippen molar-refractivity contribution in [3.63, 3.8) is 0 Å². The highest BCUT2D eigenvalue weighted by atomic mass is 16.3. The average molecular weight is 452 g/mol. The molecule has 0 saturated carbocycles. The first-order valence-corrected chi connectivity index (χ1v) is 11.6. The fraction of sp³-hybridized carbons (Fsp3) is 0.407. The molecule has 0 aromatic heterocycles. The number of hydrogen-bond donors (Lipinski definition) is 4. The molecule has 0 saturated heterocycles. The summed E-state index contributed by atoms with van der Waals surface area (Å²) >= 11 is 0. The highest BCUT2D eigenvalue weighted by molar-refractivity contribution is 6.00. The number of benzene rings is 2. The molecular weight excluding hydrogens is 414 g/mol. The van der Waals surface area contributed by atoms with E-state index in [0.717, 1.165) is 17.5 Å². The number of imide groups is 1. The Morgan fingerprint density at radius 1 is 1.00 bits per heavy atom. The molecule has 0 fully saturated rings. The van der Waals surface area contributed by atoms with Crippen LogP contribution in [0.3, 0.4) is 0 Å². The number of nitrogens with two attached hydrogens (primary N) is 1. The number of aromatic hydroxyl groups is 1. The molecule has 2 rings (SSSR count). The predicted molar refractivity (Wildman–Crippen MR) is 133 cm³/mol. The number of nitrogens with one attached hydrogen (secondary N) is 2. The van der Waals surface area contributed by atoms with E-state index < -0.39 is 23.9 Å². The first-order valence-electron chi connectivity index (χ1n) is 11.6. The number of hydrogen-bond acceptors (Lipinski definition) is 5. The molecule has 0 bridgehead atoms. The van der Waals surface area contributed by atoms with E-state index in [1.807, 2.05) is 50.3 Å². The van der Waals surface area contributed by atoms with E-state index in [4.69, 9.17) is 5.73 Å². The van der Waals surface area contributed by atoms with Gasteiger partial charge in [-0.1, -0.05) is 88.7 Å². The Hall–Kier alpha value is -2.96. The van der Waals surface area contributed by atoms with Crippen LogP contribution in [-0.2, 0) is 16.0 Å². The van der Waals surface area contributed by atoms with Crippen LogP contribution in [-0.4, -0.2) is 35.0 Å². The van der Waals surface area contributed by atoms with E-state index in [2.05, 4.69) is 30.6 Å². The molecule has 2 aromatic carbocycles. The van der Waals surface area contributed by atoms with Crippen molar-refractivity contribution in [1.29, 1.82) is 0 Å². The van der Waals surface area contributed by atoms with Crippen LogP contribution in [0.5, 0.6) is 5.75 Å². The van der Waals surface area contributed by atoms with Crippen molar-refractivity contribution in [3.05, 3.63) is 71.8 Å². The largest absolute Gasteiger partial charge is 0.508 e. The maximum absolute atomic E-state index is 13.1. The summed E-state index contributed by atoms with van der Waals surface area (Å²) in [5.41, 5.74) is 7.88. The minimum absolute atomic E-state index is 0.0806. The van der Waals surface area contributed by atoms with Crippen LogP contribution in [0.15, 0.2) is 60.7 Å². The molecule has 178 valence electrons. The number of rotatable bonds is 11. The van der Waals surface area contributed by atoms with Crippen molar-refractivity contribution < 1.29 is 14.7 Å². The molecule has 0 aliphatic rings. The molecule has 33 heavy (non-hydrogen) atoms. The van der Waals surface area contributed by atoms with Crippen molar-refractivity contribution in [1.82, 2.24) is 10.6 Å². The van der Waals surface area contributed by atoms with E-state index in [0.29, 0.717) is 6.42 Å². The molecule has 0 heterocycles. The van der Waals surface area contributed by atoms with Crippen molar-refractivity contribution >= 4 is 17.9 Å². The van der Waals surface area contributed by atoms with Gasteiger partial charge in [-0.2, -0.15) is 0 Å². The van der Waals surface area contributed by atoms with Crippen LogP contribution in [0, 0.1) is 11.8 Å². The normalized spacial score (nSPS) is 15.2. The lowest BCUT2D eigenvalue weighted by Crippen LogP contribution is -2.55. The molecule has 4 atom stereocenters. The van der Waals surface area contributed by atoms with Gasteiger partial charge in [0.1, 0.15) is 5.75 Å². The molecule has 2 aromatic rings. The van der Waals surface area contributed by atoms with Crippen LogP contribution in [0.1, 0.15) is 45.2 Å². The summed E-state index contributed by atoms with van der Waals surface area (Å²) in [5.74, 6) is -0.552. The Morgan fingerprint density at radius 2 is 1.64 bits per heavy atom. The zero-order valence-corrected chi connectivity index (χ0v) is 20.0. The second-order valence-corrected chi connectivity index (χ2v) is 8.89. The monoisotopic (exact) mass is 451 g/mol. The van der Waals surface area contributed by atoms with Crippen molar-refractivity contribution in [2.75, 3.05) is 0 Å². The van der Waals surface area contributed by atoms with Gasteiger partial charge in [0.2, 0.25) is 11.8 Å². The topological polar surface area (TPSA) is 104 Å². The van der Waals surface area contributed by atoms with Crippen LogP contribution in [0.25, 0.3) is 6.08 Å². The van der Waals surface area contributed by atoms with Gasteiger partial charge in [0.05, 0.1) is 12.1 Å². The Morgan fingerprint density at radius 3 is 2.21 bits per heavy atom. The number of amides is 2. The van der Waals surface area contributed by atoms with Crippen molar-refractivity contribution in [3.8, 4) is 5.75 Å². The third-order valence-electron chi connectivity index (χ3n) is 5.91. The fourth-order valence-electron chi connectivity index (χ4n) is 3.36. The lowest BCUT2D eigenvalue weighted by Gasteiger charge is -2.27. The maximum Gasteiger partial charge on any atom is 0.244 e. The standard InChI is InChI=1S/C27H37N3O3/c1-5-19(4)23(16-13-20-9-7-6-8-10-20)29-24(17-21-11-14-22(31)15-12-21)26(32)30-27(33)25(28)18(2)3/h6-16,18-19,23-25,29,31H,5,17,28H2,1-4H3,(H,30,32,33)/b16-13+/t19-,23+,24-,25-/m0/s1. The summed E-state index contributed by atoms with van der Waals surface area (Å²) < 4.78 is 0. The lowest BCUT2D eigenvalue weighted by atomic mass is 9.95. The predicted octanol–water partition coefficient (Wildman–Crippen LogP) is 3.65. The Balaban J connectivity index is 2.26. The van der Waals surface area contributed by atoms with Crippen LogP contribution >= 0.6 is 0 Å². The zero-order valence-electron chi connectivity index (χ0n) is 20.0. The smallest absolute Gasteiger partial charge is 0.244 e. The summed E-state index contributed by atoms with van der Waals surface area (Å²) in [4.78, 5) is 25.6. The highest BCUT2D eigenvalue weighted by Crippen LogP contribution is 2.16. The van der Waals surface area contributed by atoms with Crippen LogP contribution in [0.4, 0.5) is 0 Å². The van der Waals surface area contributed by atoms with Gasteiger partial charge in [-0.05, 0) is 41.5 Å². The molecule has 2 amide bonds. The molecule has 0 aliphatic carbocycles. The summed E-state index contributed by atoms with van der Waals surface area (Å²) in [5, 5.41) is 15.5. The number of phenolic OH excluding ortho intramolecular Hbond substituents is 1. The number of carbonyl (C=O) groups is 2. The van der Waals surface area contributed by atoms with E-state index in [1.54, 1.807) is 24.3 Å². The summed E-state index contributed by atoms with van der Waals surface area (Å²) in [6, 6.07) is 15.2. The Labute approximate surface area is 197 Å².